The van der Waals surface area contributed by atoms with E-state index in [9.17, 15) is 9.59 Å². The number of nitrogens with one attached hydrogen (secondary N) is 1. The normalized spacial score (nSPS) is 13.2. The van der Waals surface area contributed by atoms with Crippen molar-refractivity contribution in [3.8, 4) is 0 Å². The van der Waals surface area contributed by atoms with Crippen LogP contribution in [-0.4, -0.2) is 18.4 Å². The third-order valence-corrected chi connectivity index (χ3v) is 5.14. The van der Waals surface area contributed by atoms with E-state index in [-0.39, 0.29) is 18.2 Å². The summed E-state index contributed by atoms with van der Waals surface area (Å²) >= 11 is 0. The van der Waals surface area contributed by atoms with E-state index in [2.05, 4.69) is 33.0 Å². The molecular formula is C23H28N2O2. The second-order valence-corrected chi connectivity index (χ2v) is 7.77. The van der Waals surface area contributed by atoms with Gasteiger partial charge in [0.05, 0.1) is 0 Å². The van der Waals surface area contributed by atoms with Crippen LogP contribution in [-0.2, 0) is 16.0 Å². The molecule has 0 saturated heterocycles. The molecular weight excluding hydrogens is 336 g/mol. The van der Waals surface area contributed by atoms with Crippen LogP contribution in [0.25, 0.3) is 0 Å². The van der Waals surface area contributed by atoms with Crippen molar-refractivity contribution in [3.05, 3.63) is 59.2 Å². The molecule has 0 atom stereocenters. The molecule has 2 aromatic rings. The van der Waals surface area contributed by atoms with Crippen LogP contribution in [0.2, 0.25) is 0 Å². The molecule has 1 aliphatic heterocycles. The minimum absolute atomic E-state index is 0.141. The fourth-order valence-corrected chi connectivity index (χ4v) is 3.71. The minimum Gasteiger partial charge on any atom is -0.325 e. The van der Waals surface area contributed by atoms with Crippen molar-refractivity contribution in [2.75, 3.05) is 16.8 Å². The van der Waals surface area contributed by atoms with Crippen molar-refractivity contribution in [2.24, 2.45) is 0 Å². The standard InChI is InChI=1S/C23H28N2O2/c1-15(2)18-9-7-10-19(16(3)4)23(18)24-21(26)14-22(27)25-13-12-17-8-5-6-11-20(17)25/h5-11,15-16H,12-14H2,1-4H3,(H,24,26). The summed E-state index contributed by atoms with van der Waals surface area (Å²) in [5.74, 6) is 0.185. The van der Waals surface area contributed by atoms with Crippen molar-refractivity contribution in [3.63, 3.8) is 0 Å². The van der Waals surface area contributed by atoms with E-state index in [1.807, 2.05) is 42.5 Å². The maximum Gasteiger partial charge on any atom is 0.236 e. The number of carbonyl (C=O) groups excluding carboxylic acids is 2. The van der Waals surface area contributed by atoms with Gasteiger partial charge in [0.2, 0.25) is 11.8 Å². The van der Waals surface area contributed by atoms with Crippen LogP contribution in [0.5, 0.6) is 0 Å². The summed E-state index contributed by atoms with van der Waals surface area (Å²) < 4.78 is 0. The zero-order valence-electron chi connectivity index (χ0n) is 16.6. The molecule has 4 nitrogen and oxygen atoms in total. The second-order valence-electron chi connectivity index (χ2n) is 7.77. The van der Waals surface area contributed by atoms with Gasteiger partial charge in [-0.3, -0.25) is 9.59 Å². The van der Waals surface area contributed by atoms with Crippen LogP contribution < -0.4 is 10.2 Å². The summed E-state index contributed by atoms with van der Waals surface area (Å²) in [4.78, 5) is 27.1. The van der Waals surface area contributed by atoms with E-state index in [1.165, 1.54) is 5.56 Å². The lowest BCUT2D eigenvalue weighted by atomic mass is 9.92. The molecule has 0 aliphatic carbocycles. The van der Waals surface area contributed by atoms with Crippen LogP contribution in [0.3, 0.4) is 0 Å². The summed E-state index contributed by atoms with van der Waals surface area (Å²) in [5, 5.41) is 3.03. The van der Waals surface area contributed by atoms with Gasteiger partial charge >= 0.3 is 0 Å². The summed E-state index contributed by atoms with van der Waals surface area (Å²) in [7, 11) is 0. The maximum atomic E-state index is 12.7. The third kappa shape index (κ3) is 4.05. The fourth-order valence-electron chi connectivity index (χ4n) is 3.71. The number of amides is 2. The Morgan fingerprint density at radius 1 is 0.963 bits per heavy atom. The zero-order valence-corrected chi connectivity index (χ0v) is 16.6. The number of hydrogen-bond acceptors (Lipinski definition) is 2. The van der Waals surface area contributed by atoms with Gasteiger partial charge in [0, 0.05) is 17.9 Å². The van der Waals surface area contributed by atoms with Crippen molar-refractivity contribution < 1.29 is 9.59 Å². The molecule has 27 heavy (non-hydrogen) atoms. The first-order valence-corrected chi connectivity index (χ1v) is 9.69. The van der Waals surface area contributed by atoms with E-state index in [0.29, 0.717) is 18.4 Å². The number of rotatable bonds is 5. The molecule has 0 spiro atoms. The van der Waals surface area contributed by atoms with Gasteiger partial charge in [-0.2, -0.15) is 0 Å². The quantitative estimate of drug-likeness (QED) is 0.771. The molecule has 1 N–H and O–H groups in total. The second kappa shape index (κ2) is 7.95. The van der Waals surface area contributed by atoms with Crippen LogP contribution in [0.15, 0.2) is 42.5 Å². The van der Waals surface area contributed by atoms with Gasteiger partial charge in [-0.05, 0) is 41.0 Å². The summed E-state index contributed by atoms with van der Waals surface area (Å²) in [5.41, 5.74) is 5.17. The maximum absolute atomic E-state index is 12.7. The Morgan fingerprint density at radius 3 is 2.22 bits per heavy atom. The topological polar surface area (TPSA) is 49.4 Å². The van der Waals surface area contributed by atoms with Gasteiger partial charge in [0.1, 0.15) is 6.42 Å². The Bertz CT molecular complexity index is 829. The molecule has 142 valence electrons. The Balaban J connectivity index is 1.76. The van der Waals surface area contributed by atoms with Crippen molar-refractivity contribution in [2.45, 2.75) is 52.4 Å². The van der Waals surface area contributed by atoms with Crippen LogP contribution in [0.4, 0.5) is 11.4 Å². The zero-order chi connectivity index (χ0) is 19.6. The molecule has 0 bridgehead atoms. The van der Waals surface area contributed by atoms with Crippen LogP contribution in [0, 0.1) is 0 Å². The first-order chi connectivity index (χ1) is 12.9. The number of hydrogen-bond donors (Lipinski definition) is 1. The number of anilines is 2. The average Bonchev–Trinajstić information content (AvgIpc) is 3.05. The van der Waals surface area contributed by atoms with Gasteiger partial charge in [-0.25, -0.2) is 0 Å². The number of benzene rings is 2. The summed E-state index contributed by atoms with van der Waals surface area (Å²) in [6.45, 7) is 9.09. The largest absolute Gasteiger partial charge is 0.325 e. The van der Waals surface area contributed by atoms with E-state index in [1.54, 1.807) is 4.90 Å². The monoisotopic (exact) mass is 364 g/mol. The van der Waals surface area contributed by atoms with Gasteiger partial charge < -0.3 is 10.2 Å². The number of para-hydroxylation sites is 2. The van der Waals surface area contributed by atoms with Gasteiger partial charge in [0.15, 0.2) is 0 Å². The van der Waals surface area contributed by atoms with E-state index < -0.39 is 0 Å². The Kier molecular flexibility index (Phi) is 5.64. The molecule has 3 rings (SSSR count). The van der Waals surface area contributed by atoms with Crippen molar-refractivity contribution in [1.82, 2.24) is 0 Å². The first kappa shape index (κ1) is 19.2. The highest BCUT2D eigenvalue weighted by Gasteiger charge is 2.26. The first-order valence-electron chi connectivity index (χ1n) is 9.69. The Morgan fingerprint density at radius 2 is 1.59 bits per heavy atom. The fraction of sp³-hybridized carbons (Fsp3) is 0.391. The lowest BCUT2D eigenvalue weighted by Gasteiger charge is -2.21. The van der Waals surface area contributed by atoms with Crippen LogP contribution in [0.1, 0.15) is 62.6 Å². The number of carbonyl (C=O) groups is 2. The SMILES string of the molecule is CC(C)c1cccc(C(C)C)c1NC(=O)CC(=O)N1CCc2ccccc21. The summed E-state index contributed by atoms with van der Waals surface area (Å²) in [6.07, 6.45) is 0.704. The molecule has 0 radical (unpaired) electrons. The lowest BCUT2D eigenvalue weighted by molar-refractivity contribution is -0.125. The minimum atomic E-state index is -0.251. The molecule has 0 unspecified atom stereocenters. The smallest absolute Gasteiger partial charge is 0.236 e. The van der Waals surface area contributed by atoms with Crippen molar-refractivity contribution >= 4 is 23.2 Å². The highest BCUT2D eigenvalue weighted by Crippen LogP contribution is 2.33. The van der Waals surface area contributed by atoms with Gasteiger partial charge in [-0.15, -0.1) is 0 Å². The number of fused-ring (bicyclic) bond motifs is 1. The molecule has 0 saturated carbocycles. The number of nitrogens with zero attached hydrogens (tertiary/aromatic N) is 1. The molecule has 0 fully saturated rings. The molecule has 1 heterocycles. The Hall–Kier alpha value is -2.62. The highest BCUT2D eigenvalue weighted by molar-refractivity contribution is 6.10. The van der Waals surface area contributed by atoms with Crippen LogP contribution >= 0.6 is 0 Å². The van der Waals surface area contributed by atoms with E-state index in [0.717, 1.165) is 28.9 Å². The lowest BCUT2D eigenvalue weighted by Crippen LogP contribution is -2.32. The van der Waals surface area contributed by atoms with Gasteiger partial charge in [-0.1, -0.05) is 64.1 Å². The average molecular weight is 364 g/mol. The molecule has 4 heteroatoms. The molecule has 0 aromatic heterocycles. The third-order valence-electron chi connectivity index (χ3n) is 5.14. The highest BCUT2D eigenvalue weighted by atomic mass is 16.2. The van der Waals surface area contributed by atoms with Crippen molar-refractivity contribution in [1.29, 1.82) is 0 Å². The molecule has 2 amide bonds. The van der Waals surface area contributed by atoms with E-state index >= 15 is 0 Å². The summed E-state index contributed by atoms with van der Waals surface area (Å²) in [6, 6.07) is 14.0. The molecule has 2 aromatic carbocycles. The predicted molar refractivity (Wildman–Crippen MR) is 110 cm³/mol. The van der Waals surface area contributed by atoms with E-state index in [4.69, 9.17) is 0 Å². The predicted octanol–water partition coefficient (Wildman–Crippen LogP) is 4.85. The van der Waals surface area contributed by atoms with Gasteiger partial charge in [0.25, 0.3) is 0 Å². The molecule has 1 aliphatic rings. The Labute approximate surface area is 161 Å².